The van der Waals surface area contributed by atoms with Gasteiger partial charge in [0, 0.05) is 11.6 Å². The van der Waals surface area contributed by atoms with E-state index >= 15 is 0 Å². The Morgan fingerprint density at radius 1 is 1.28 bits per heavy atom. The van der Waals surface area contributed by atoms with E-state index in [1.807, 2.05) is 28.8 Å². The summed E-state index contributed by atoms with van der Waals surface area (Å²) in [5.41, 5.74) is 1.15. The Balaban J connectivity index is 1.61. The highest BCUT2D eigenvalue weighted by Gasteiger charge is 2.13. The van der Waals surface area contributed by atoms with Crippen molar-refractivity contribution in [1.82, 2.24) is 35.1 Å². The summed E-state index contributed by atoms with van der Waals surface area (Å²) in [5, 5.41) is 19.2. The number of aromatic nitrogens is 6. The third kappa shape index (κ3) is 4.21. The van der Waals surface area contributed by atoms with Crippen molar-refractivity contribution in [3.63, 3.8) is 0 Å². The van der Waals surface area contributed by atoms with Gasteiger partial charge in [-0.3, -0.25) is 4.79 Å². The van der Waals surface area contributed by atoms with Crippen LogP contribution in [0.3, 0.4) is 0 Å². The molecule has 3 aromatic rings. The lowest BCUT2D eigenvalue weighted by Crippen LogP contribution is -2.25. The lowest BCUT2D eigenvalue weighted by Gasteiger charge is -2.05. The lowest BCUT2D eigenvalue weighted by atomic mass is 10.2. The van der Waals surface area contributed by atoms with Gasteiger partial charge in [-0.2, -0.15) is 0 Å². The van der Waals surface area contributed by atoms with Crippen molar-refractivity contribution >= 4 is 17.5 Å². The summed E-state index contributed by atoms with van der Waals surface area (Å²) in [4.78, 5) is 12.2. The molecule has 25 heavy (non-hydrogen) atoms. The first kappa shape index (κ1) is 17.1. The van der Waals surface area contributed by atoms with Crippen molar-refractivity contribution in [2.24, 2.45) is 0 Å². The predicted molar refractivity (Wildman–Crippen MR) is 92.1 cm³/mol. The van der Waals surface area contributed by atoms with Crippen LogP contribution in [0.1, 0.15) is 35.2 Å². The minimum Gasteiger partial charge on any atom is -0.343 e. The fourth-order valence-electron chi connectivity index (χ4n) is 2.37. The molecule has 8 nitrogen and oxygen atoms in total. The Hall–Kier alpha value is -2.74. The van der Waals surface area contributed by atoms with E-state index in [1.54, 1.807) is 17.2 Å². The van der Waals surface area contributed by atoms with Crippen molar-refractivity contribution in [2.45, 2.75) is 33.0 Å². The second-order valence-electron chi connectivity index (χ2n) is 5.52. The third-order valence-corrected chi connectivity index (χ3v) is 4.00. The van der Waals surface area contributed by atoms with Crippen LogP contribution < -0.4 is 5.32 Å². The molecule has 9 heteroatoms. The Morgan fingerprint density at radius 3 is 2.92 bits per heavy atom. The molecule has 3 rings (SSSR count). The quantitative estimate of drug-likeness (QED) is 0.695. The molecule has 1 amide bonds. The predicted octanol–water partition coefficient (Wildman–Crippen LogP) is 1.91. The van der Waals surface area contributed by atoms with Crippen molar-refractivity contribution in [2.75, 3.05) is 0 Å². The van der Waals surface area contributed by atoms with Crippen LogP contribution in [0.15, 0.2) is 36.8 Å². The normalized spacial score (nSPS) is 10.8. The summed E-state index contributed by atoms with van der Waals surface area (Å²) in [7, 11) is 0. The summed E-state index contributed by atoms with van der Waals surface area (Å²) < 4.78 is 3.49. The fraction of sp³-hybridized carbons (Fsp3) is 0.312. The summed E-state index contributed by atoms with van der Waals surface area (Å²) in [6.45, 7) is 3.62. The number of carbonyl (C=O) groups excluding carboxylic acids is 1. The second kappa shape index (κ2) is 7.89. The molecule has 130 valence electrons. The molecule has 1 aromatic carbocycles. The Labute approximate surface area is 149 Å². The Bertz CT molecular complexity index is 858. The van der Waals surface area contributed by atoms with E-state index in [-0.39, 0.29) is 18.1 Å². The lowest BCUT2D eigenvalue weighted by molar-refractivity contribution is 0.0944. The zero-order chi connectivity index (χ0) is 17.6. The van der Waals surface area contributed by atoms with E-state index in [1.165, 1.54) is 0 Å². The minimum absolute atomic E-state index is 0.244. The Morgan fingerprint density at radius 2 is 2.12 bits per heavy atom. The van der Waals surface area contributed by atoms with E-state index in [2.05, 4.69) is 32.7 Å². The van der Waals surface area contributed by atoms with Crippen LogP contribution in [0.4, 0.5) is 0 Å². The molecule has 0 bridgehead atoms. The van der Waals surface area contributed by atoms with E-state index in [4.69, 9.17) is 11.6 Å². The van der Waals surface area contributed by atoms with Gasteiger partial charge in [0.25, 0.3) is 5.91 Å². The molecule has 0 fully saturated rings. The van der Waals surface area contributed by atoms with Gasteiger partial charge in [0.2, 0.25) is 0 Å². The molecule has 0 saturated heterocycles. The van der Waals surface area contributed by atoms with Gasteiger partial charge in [0.1, 0.15) is 6.33 Å². The average molecular weight is 360 g/mol. The van der Waals surface area contributed by atoms with Gasteiger partial charge in [0.15, 0.2) is 11.5 Å². The number of hydrogen-bond donors (Lipinski definition) is 1. The van der Waals surface area contributed by atoms with E-state index in [9.17, 15) is 4.79 Å². The molecular formula is C16H18ClN7O. The van der Waals surface area contributed by atoms with Crippen LogP contribution >= 0.6 is 11.6 Å². The van der Waals surface area contributed by atoms with Crippen LogP contribution in [0.5, 0.6) is 0 Å². The van der Waals surface area contributed by atoms with Crippen LogP contribution in [-0.4, -0.2) is 35.7 Å². The molecule has 0 aliphatic rings. The first-order chi connectivity index (χ1) is 12.2. The van der Waals surface area contributed by atoms with Crippen LogP contribution in [0.25, 0.3) is 0 Å². The van der Waals surface area contributed by atoms with Gasteiger partial charge in [-0.1, -0.05) is 41.9 Å². The molecule has 0 unspecified atom stereocenters. The molecule has 0 radical (unpaired) electrons. The van der Waals surface area contributed by atoms with E-state index in [0.29, 0.717) is 17.4 Å². The molecule has 2 aromatic heterocycles. The van der Waals surface area contributed by atoms with Crippen LogP contribution in [-0.2, 0) is 19.6 Å². The number of carbonyl (C=O) groups is 1. The summed E-state index contributed by atoms with van der Waals surface area (Å²) in [6.07, 6.45) is 4.22. The zero-order valence-electron chi connectivity index (χ0n) is 13.8. The molecule has 1 N–H and O–H groups in total. The smallest absolute Gasteiger partial charge is 0.273 e. The number of hydrogen-bond acceptors (Lipinski definition) is 5. The van der Waals surface area contributed by atoms with Gasteiger partial charge >= 0.3 is 0 Å². The highest BCUT2D eigenvalue weighted by atomic mass is 35.5. The zero-order valence-corrected chi connectivity index (χ0v) is 14.5. The van der Waals surface area contributed by atoms with E-state index in [0.717, 1.165) is 18.5 Å². The third-order valence-electron chi connectivity index (χ3n) is 3.63. The topological polar surface area (TPSA) is 90.5 Å². The molecule has 2 heterocycles. The van der Waals surface area contributed by atoms with Gasteiger partial charge in [-0.05, 0) is 18.1 Å². The summed E-state index contributed by atoms with van der Waals surface area (Å²) in [5.74, 6) is 0.398. The monoisotopic (exact) mass is 359 g/mol. The summed E-state index contributed by atoms with van der Waals surface area (Å²) >= 11 is 6.13. The summed E-state index contributed by atoms with van der Waals surface area (Å²) in [6, 6.07) is 7.49. The van der Waals surface area contributed by atoms with Gasteiger partial charge in [0.05, 0.1) is 19.3 Å². The largest absolute Gasteiger partial charge is 0.343 e. The first-order valence-electron chi connectivity index (χ1n) is 7.95. The number of amides is 1. The van der Waals surface area contributed by atoms with Gasteiger partial charge in [-0.25, -0.2) is 4.68 Å². The highest BCUT2D eigenvalue weighted by molar-refractivity contribution is 6.31. The minimum atomic E-state index is -0.309. The van der Waals surface area contributed by atoms with Crippen LogP contribution in [0, 0.1) is 0 Å². The van der Waals surface area contributed by atoms with Crippen molar-refractivity contribution in [3.8, 4) is 0 Å². The maximum absolute atomic E-state index is 12.2. The molecule has 0 aliphatic heterocycles. The number of nitrogens with zero attached hydrogens (tertiary/aromatic N) is 6. The maximum Gasteiger partial charge on any atom is 0.273 e. The van der Waals surface area contributed by atoms with Gasteiger partial charge in [-0.15, -0.1) is 15.3 Å². The number of halogens is 1. The number of rotatable bonds is 7. The Kier molecular flexibility index (Phi) is 5.39. The van der Waals surface area contributed by atoms with Gasteiger partial charge < -0.3 is 9.88 Å². The molecule has 0 atom stereocenters. The second-order valence-corrected chi connectivity index (χ2v) is 5.92. The maximum atomic E-state index is 12.2. The number of aryl methyl sites for hydroxylation is 1. The average Bonchev–Trinajstić information content (AvgIpc) is 3.25. The van der Waals surface area contributed by atoms with Crippen LogP contribution in [0.2, 0.25) is 5.02 Å². The van der Waals surface area contributed by atoms with Crippen molar-refractivity contribution in [1.29, 1.82) is 0 Å². The van der Waals surface area contributed by atoms with Crippen molar-refractivity contribution < 1.29 is 4.79 Å². The molecular weight excluding hydrogens is 342 g/mol. The van der Waals surface area contributed by atoms with Crippen molar-refractivity contribution in [3.05, 3.63) is 58.9 Å². The molecule has 0 spiro atoms. The number of nitrogens with one attached hydrogen (secondary N) is 1. The molecule has 0 saturated carbocycles. The van der Waals surface area contributed by atoms with E-state index < -0.39 is 0 Å². The standard InChI is InChI=1S/C16H18ClN7O/c1-2-7-23-11-19-21-15(23)8-18-16(25)14-10-24(22-20-14)9-12-5-3-4-6-13(12)17/h3-6,10-11H,2,7-9H2,1H3,(H,18,25). The first-order valence-corrected chi connectivity index (χ1v) is 8.33. The molecule has 0 aliphatic carbocycles. The highest BCUT2D eigenvalue weighted by Crippen LogP contribution is 2.15. The fourth-order valence-corrected chi connectivity index (χ4v) is 2.57. The SMILES string of the molecule is CCCn1cnnc1CNC(=O)c1cn(Cc2ccccc2Cl)nn1. The number of benzene rings is 1.